The van der Waals surface area contributed by atoms with Crippen LogP contribution in [0.25, 0.3) is 0 Å². The Morgan fingerprint density at radius 2 is 1.94 bits per heavy atom. The lowest BCUT2D eigenvalue weighted by Gasteiger charge is -2.02. The van der Waals surface area contributed by atoms with Crippen LogP contribution in [0.2, 0.25) is 0 Å². The van der Waals surface area contributed by atoms with E-state index >= 15 is 0 Å². The third-order valence-electron chi connectivity index (χ3n) is 2.21. The van der Waals surface area contributed by atoms with E-state index in [2.05, 4.69) is 16.6 Å². The Balaban J connectivity index is 5.04. The summed E-state index contributed by atoms with van der Waals surface area (Å²) < 4.78 is 0. The summed E-state index contributed by atoms with van der Waals surface area (Å²) in [5, 5.41) is 0. The number of nitrogens with zero attached hydrogens (tertiary/aromatic N) is 2. The highest BCUT2D eigenvalue weighted by Gasteiger charge is 1.99. The zero-order valence-corrected chi connectivity index (χ0v) is 11.4. The molecule has 0 aliphatic heterocycles. The SMILES string of the molecule is C=C(CC)/C(C)=C/C(C=O)=NC(C)=NC(C)C. The maximum Gasteiger partial charge on any atom is 0.168 e. The van der Waals surface area contributed by atoms with Gasteiger partial charge >= 0.3 is 0 Å². The predicted octanol–water partition coefficient (Wildman–Crippen LogP) is 3.37. The second kappa shape index (κ2) is 7.71. The Kier molecular flexibility index (Phi) is 7.03. The first-order chi connectivity index (χ1) is 7.90. The number of allylic oxidation sites excluding steroid dienone is 3. The number of aldehydes is 1. The Bertz CT molecular complexity index is 374. The van der Waals surface area contributed by atoms with Gasteiger partial charge in [-0.25, -0.2) is 4.99 Å². The summed E-state index contributed by atoms with van der Waals surface area (Å²) in [5.74, 6) is 0.619. The molecule has 0 aromatic rings. The van der Waals surface area contributed by atoms with E-state index in [1.807, 2.05) is 27.7 Å². The molecule has 17 heavy (non-hydrogen) atoms. The summed E-state index contributed by atoms with van der Waals surface area (Å²) in [6.07, 6.45) is 3.36. The molecule has 0 rings (SSSR count). The summed E-state index contributed by atoms with van der Waals surface area (Å²) in [7, 11) is 0. The van der Waals surface area contributed by atoms with Gasteiger partial charge in [0, 0.05) is 6.04 Å². The Hall–Kier alpha value is -1.51. The minimum atomic E-state index is 0.183. The third kappa shape index (κ3) is 6.61. The van der Waals surface area contributed by atoms with Crippen molar-refractivity contribution in [1.29, 1.82) is 0 Å². The van der Waals surface area contributed by atoms with E-state index in [1.165, 1.54) is 0 Å². The minimum absolute atomic E-state index is 0.183. The standard InChI is InChI=1S/C14H22N2O/c1-7-11(4)12(5)8-14(9-17)16-13(6)15-10(2)3/h8-10H,4,7H2,1-3,5-6H3/b12-8+,15-13?,16-14?. The highest BCUT2D eigenvalue weighted by Crippen LogP contribution is 2.10. The Morgan fingerprint density at radius 3 is 2.35 bits per heavy atom. The van der Waals surface area contributed by atoms with E-state index in [9.17, 15) is 4.79 Å². The van der Waals surface area contributed by atoms with Gasteiger partial charge in [0.1, 0.15) is 11.5 Å². The smallest absolute Gasteiger partial charge is 0.168 e. The van der Waals surface area contributed by atoms with Crippen molar-refractivity contribution in [1.82, 2.24) is 0 Å². The third-order valence-corrected chi connectivity index (χ3v) is 2.21. The molecular weight excluding hydrogens is 212 g/mol. The highest BCUT2D eigenvalue weighted by molar-refractivity contribution is 6.36. The van der Waals surface area contributed by atoms with Crippen LogP contribution in [-0.2, 0) is 4.79 Å². The molecule has 0 saturated heterocycles. The van der Waals surface area contributed by atoms with Crippen molar-refractivity contribution in [2.75, 3.05) is 0 Å². The predicted molar refractivity (Wildman–Crippen MR) is 74.9 cm³/mol. The largest absolute Gasteiger partial charge is 0.296 e. The lowest BCUT2D eigenvalue weighted by molar-refractivity contribution is -0.102. The van der Waals surface area contributed by atoms with Crippen LogP contribution < -0.4 is 0 Å². The number of carbonyl (C=O) groups is 1. The summed E-state index contributed by atoms with van der Waals surface area (Å²) in [6.45, 7) is 13.6. The molecule has 0 unspecified atom stereocenters. The summed E-state index contributed by atoms with van der Waals surface area (Å²) in [6, 6.07) is 0.183. The van der Waals surface area contributed by atoms with Gasteiger partial charge in [-0.15, -0.1) is 0 Å². The number of rotatable bonds is 5. The van der Waals surface area contributed by atoms with Crippen molar-refractivity contribution < 1.29 is 4.79 Å². The van der Waals surface area contributed by atoms with Gasteiger partial charge in [0.2, 0.25) is 0 Å². The van der Waals surface area contributed by atoms with Crippen LogP contribution in [0.15, 0.2) is 33.8 Å². The van der Waals surface area contributed by atoms with Crippen molar-refractivity contribution in [3.8, 4) is 0 Å². The van der Waals surface area contributed by atoms with Gasteiger partial charge < -0.3 is 0 Å². The molecule has 0 aliphatic carbocycles. The normalized spacial score (nSPS) is 14.1. The molecule has 3 heteroatoms. The van der Waals surface area contributed by atoms with Crippen LogP contribution in [-0.4, -0.2) is 23.9 Å². The first kappa shape index (κ1) is 15.5. The van der Waals surface area contributed by atoms with E-state index in [1.54, 1.807) is 13.0 Å². The fourth-order valence-electron chi connectivity index (χ4n) is 1.28. The molecule has 3 nitrogen and oxygen atoms in total. The molecule has 0 aromatic carbocycles. The van der Waals surface area contributed by atoms with Crippen LogP contribution in [0.5, 0.6) is 0 Å². The van der Waals surface area contributed by atoms with Crippen LogP contribution in [0.1, 0.15) is 41.0 Å². The van der Waals surface area contributed by atoms with Gasteiger partial charge in [-0.05, 0) is 45.8 Å². The molecule has 0 aromatic heterocycles. The number of carbonyl (C=O) groups excluding carboxylic acids is 1. The fourth-order valence-corrected chi connectivity index (χ4v) is 1.28. The molecule has 0 atom stereocenters. The van der Waals surface area contributed by atoms with E-state index in [0.717, 1.165) is 23.9 Å². The van der Waals surface area contributed by atoms with E-state index in [-0.39, 0.29) is 6.04 Å². The van der Waals surface area contributed by atoms with E-state index in [0.29, 0.717) is 11.5 Å². The first-order valence-electron chi connectivity index (χ1n) is 5.85. The lowest BCUT2D eigenvalue weighted by atomic mass is 10.1. The van der Waals surface area contributed by atoms with Crippen LogP contribution >= 0.6 is 0 Å². The van der Waals surface area contributed by atoms with Gasteiger partial charge in [0.05, 0.1) is 0 Å². The average Bonchev–Trinajstić information content (AvgIpc) is 2.25. The van der Waals surface area contributed by atoms with Gasteiger partial charge in [-0.1, -0.05) is 19.1 Å². The van der Waals surface area contributed by atoms with Crippen molar-refractivity contribution in [2.24, 2.45) is 9.98 Å². The number of hydrogen-bond acceptors (Lipinski definition) is 2. The van der Waals surface area contributed by atoms with Gasteiger partial charge in [0.15, 0.2) is 6.29 Å². The molecule has 0 saturated carbocycles. The van der Waals surface area contributed by atoms with Crippen LogP contribution in [0.3, 0.4) is 0 Å². The fraction of sp³-hybridized carbons (Fsp3) is 0.500. The molecule has 0 radical (unpaired) electrons. The molecule has 0 heterocycles. The topological polar surface area (TPSA) is 41.8 Å². The molecule has 0 aliphatic rings. The second-order valence-corrected chi connectivity index (χ2v) is 4.21. The quantitative estimate of drug-likeness (QED) is 0.311. The summed E-state index contributed by atoms with van der Waals surface area (Å²) in [5.41, 5.74) is 2.38. The number of hydrogen-bond donors (Lipinski definition) is 0. The van der Waals surface area contributed by atoms with Crippen molar-refractivity contribution in [2.45, 2.75) is 47.1 Å². The minimum Gasteiger partial charge on any atom is -0.296 e. The van der Waals surface area contributed by atoms with Crippen LogP contribution in [0, 0.1) is 0 Å². The van der Waals surface area contributed by atoms with Gasteiger partial charge in [-0.3, -0.25) is 9.79 Å². The average molecular weight is 234 g/mol. The maximum atomic E-state index is 10.9. The molecule has 94 valence electrons. The number of aliphatic imine (C=N–C) groups is 2. The van der Waals surface area contributed by atoms with Gasteiger partial charge in [0.25, 0.3) is 0 Å². The lowest BCUT2D eigenvalue weighted by Crippen LogP contribution is -2.03. The second-order valence-electron chi connectivity index (χ2n) is 4.21. The first-order valence-corrected chi connectivity index (χ1v) is 5.85. The van der Waals surface area contributed by atoms with Gasteiger partial charge in [-0.2, -0.15) is 0 Å². The monoisotopic (exact) mass is 234 g/mol. The zero-order valence-electron chi connectivity index (χ0n) is 11.4. The van der Waals surface area contributed by atoms with Crippen molar-refractivity contribution in [3.63, 3.8) is 0 Å². The molecule has 0 amide bonds. The molecular formula is C14H22N2O. The van der Waals surface area contributed by atoms with E-state index in [4.69, 9.17) is 0 Å². The zero-order chi connectivity index (χ0) is 13.4. The number of amidine groups is 1. The highest BCUT2D eigenvalue weighted by atomic mass is 16.1. The summed E-state index contributed by atoms with van der Waals surface area (Å²) in [4.78, 5) is 19.3. The maximum absolute atomic E-state index is 10.9. The van der Waals surface area contributed by atoms with Crippen molar-refractivity contribution in [3.05, 3.63) is 23.8 Å². The molecule has 0 spiro atoms. The molecule has 0 N–H and O–H groups in total. The molecule has 0 fully saturated rings. The molecule has 0 bridgehead atoms. The Labute approximate surface area is 104 Å². The van der Waals surface area contributed by atoms with Crippen molar-refractivity contribution >= 4 is 17.8 Å². The van der Waals surface area contributed by atoms with E-state index < -0.39 is 0 Å². The van der Waals surface area contributed by atoms with Crippen LogP contribution in [0.4, 0.5) is 0 Å². The Morgan fingerprint density at radius 1 is 1.35 bits per heavy atom. The summed E-state index contributed by atoms with van der Waals surface area (Å²) >= 11 is 0.